The Kier molecular flexibility index (Phi) is 11.0. The summed E-state index contributed by atoms with van der Waals surface area (Å²) < 4.78 is 28.2. The molecule has 0 bridgehead atoms. The van der Waals surface area contributed by atoms with Crippen molar-refractivity contribution in [2.75, 3.05) is 13.2 Å². The summed E-state index contributed by atoms with van der Waals surface area (Å²) in [5, 5.41) is 90.5. The van der Waals surface area contributed by atoms with E-state index in [1.54, 1.807) is 6.07 Å². The third kappa shape index (κ3) is 7.76. The largest absolute Gasteiger partial charge is 0.504 e. The molecule has 44 heavy (non-hydrogen) atoms. The Morgan fingerprint density at radius 2 is 1.50 bits per heavy atom. The summed E-state index contributed by atoms with van der Waals surface area (Å²) in [5.41, 5.74) is 0.914. The molecule has 2 fully saturated rings. The van der Waals surface area contributed by atoms with Gasteiger partial charge in [-0.15, -0.1) is 0 Å². The number of hydrogen-bond donors (Lipinski definition) is 9. The van der Waals surface area contributed by atoms with Gasteiger partial charge in [-0.05, 0) is 54.8 Å². The van der Waals surface area contributed by atoms with E-state index < -0.39 is 79.7 Å². The van der Waals surface area contributed by atoms with Crippen molar-refractivity contribution >= 4 is 12.0 Å². The predicted octanol–water partition coefficient (Wildman–Crippen LogP) is -1.02. The molecule has 0 saturated carbocycles. The van der Waals surface area contributed by atoms with Gasteiger partial charge in [0.05, 0.1) is 19.3 Å². The number of aliphatic hydroxyl groups is 5. The van der Waals surface area contributed by atoms with Gasteiger partial charge < -0.3 is 69.6 Å². The van der Waals surface area contributed by atoms with E-state index in [2.05, 4.69) is 0 Å². The van der Waals surface area contributed by atoms with Crippen LogP contribution >= 0.6 is 0 Å². The summed E-state index contributed by atoms with van der Waals surface area (Å²) in [6, 6.07) is 7.98. The third-order valence-electron chi connectivity index (χ3n) is 7.27. The molecule has 2 aliphatic rings. The number of hydrogen-bond acceptors (Lipinski definition) is 15. The van der Waals surface area contributed by atoms with Crippen LogP contribution in [0.1, 0.15) is 18.1 Å². The molecule has 0 aliphatic carbocycles. The second kappa shape index (κ2) is 14.5. The van der Waals surface area contributed by atoms with Crippen molar-refractivity contribution in [3.63, 3.8) is 0 Å². The van der Waals surface area contributed by atoms with Crippen molar-refractivity contribution in [1.29, 1.82) is 0 Å². The van der Waals surface area contributed by atoms with Gasteiger partial charge >= 0.3 is 5.97 Å². The van der Waals surface area contributed by atoms with Crippen molar-refractivity contribution in [2.45, 2.75) is 74.8 Å². The summed E-state index contributed by atoms with van der Waals surface area (Å²) >= 11 is 0. The lowest BCUT2D eigenvalue weighted by molar-refractivity contribution is -0.357. The molecule has 15 nitrogen and oxygen atoms in total. The van der Waals surface area contributed by atoms with Crippen LogP contribution in [-0.4, -0.2) is 127 Å². The Labute approximate surface area is 251 Å². The molecule has 0 aromatic heterocycles. The number of aliphatic hydroxyl groups excluding tert-OH is 5. The van der Waals surface area contributed by atoms with Crippen molar-refractivity contribution in [3.8, 4) is 23.0 Å². The second-order valence-electron chi connectivity index (χ2n) is 10.4. The first kappa shape index (κ1) is 33.4. The molecule has 15 heteroatoms. The molecule has 0 radical (unpaired) electrons. The van der Waals surface area contributed by atoms with E-state index >= 15 is 0 Å². The van der Waals surface area contributed by atoms with E-state index in [0.29, 0.717) is 11.1 Å². The maximum Gasteiger partial charge on any atom is 0.331 e. The summed E-state index contributed by atoms with van der Waals surface area (Å²) in [5.74, 6) is -2.40. The minimum absolute atomic E-state index is 0.0754. The Hall–Kier alpha value is -3.51. The summed E-state index contributed by atoms with van der Waals surface area (Å²) in [6.07, 6.45) is -12.6. The van der Waals surface area contributed by atoms with Crippen LogP contribution in [0.2, 0.25) is 0 Å². The van der Waals surface area contributed by atoms with E-state index in [1.165, 1.54) is 43.3 Å². The lowest BCUT2D eigenvalue weighted by Gasteiger charge is -2.46. The first-order valence-corrected chi connectivity index (χ1v) is 13.7. The molecule has 2 aromatic rings. The van der Waals surface area contributed by atoms with Crippen LogP contribution < -0.4 is 0 Å². The molecular weight excluding hydrogens is 588 g/mol. The zero-order chi connectivity index (χ0) is 32.1. The smallest absolute Gasteiger partial charge is 0.331 e. The second-order valence-corrected chi connectivity index (χ2v) is 10.4. The summed E-state index contributed by atoms with van der Waals surface area (Å²) in [6.45, 7) is 0.606. The Balaban J connectivity index is 1.52. The standard InChI is InChI=1S/C29H36O15/c1-13-22(36)23(37)24(38)29(41-13)44-27-25(39)28(40-9-8-15-3-6-17(32)19(34)11-15)42-20(12-30)26(27)43-21(35)7-4-14-2-5-16(31)18(33)10-14/h2-7,10-11,13,20,22-34,36-39H,8-9,12H2,1H3/t13-,20+,22-,23+,24+,25+,26-,27+,28+,29-/m0/s1. The Morgan fingerprint density at radius 3 is 2.16 bits per heavy atom. The van der Waals surface area contributed by atoms with Gasteiger partial charge in [0.2, 0.25) is 0 Å². The molecule has 2 saturated heterocycles. The molecule has 242 valence electrons. The van der Waals surface area contributed by atoms with Crippen LogP contribution in [0.3, 0.4) is 0 Å². The number of phenolic OH excluding ortho intramolecular Hbond substituents is 4. The predicted molar refractivity (Wildman–Crippen MR) is 147 cm³/mol. The Morgan fingerprint density at radius 1 is 0.818 bits per heavy atom. The zero-order valence-corrected chi connectivity index (χ0v) is 23.5. The maximum atomic E-state index is 12.8. The van der Waals surface area contributed by atoms with Gasteiger partial charge in [0.15, 0.2) is 41.7 Å². The van der Waals surface area contributed by atoms with E-state index in [9.17, 15) is 50.8 Å². The van der Waals surface area contributed by atoms with Crippen LogP contribution in [-0.2, 0) is 34.9 Å². The first-order valence-electron chi connectivity index (χ1n) is 13.7. The van der Waals surface area contributed by atoms with E-state index in [4.69, 9.17) is 23.7 Å². The van der Waals surface area contributed by atoms with E-state index in [0.717, 1.165) is 6.08 Å². The number of carbonyl (C=O) groups is 1. The van der Waals surface area contributed by atoms with Crippen LogP contribution in [0.5, 0.6) is 23.0 Å². The number of carbonyl (C=O) groups excluding carboxylic acids is 1. The SMILES string of the molecule is C[C@@H]1O[C@@H](O[C@@H]2[C@@H](O)[C@H](OCCc3ccc(O)c(O)c3)O[C@H](CO)[C@@H]2OC(=O)C=Cc2ccc(O)c(O)c2)[C@H](O)[C@H](O)[C@H]1O. The third-order valence-corrected chi connectivity index (χ3v) is 7.27. The molecule has 4 rings (SSSR count). The van der Waals surface area contributed by atoms with Crippen LogP contribution in [0.25, 0.3) is 6.08 Å². The summed E-state index contributed by atoms with van der Waals surface area (Å²) in [7, 11) is 0. The average molecular weight is 625 g/mol. The number of rotatable bonds is 10. The van der Waals surface area contributed by atoms with Gasteiger partial charge in [-0.25, -0.2) is 4.79 Å². The number of aromatic hydroxyl groups is 4. The number of esters is 1. The van der Waals surface area contributed by atoms with Gasteiger partial charge in [-0.1, -0.05) is 12.1 Å². The highest BCUT2D eigenvalue weighted by Gasteiger charge is 2.52. The lowest BCUT2D eigenvalue weighted by Crippen LogP contribution is -2.65. The van der Waals surface area contributed by atoms with Gasteiger partial charge in [0.1, 0.15) is 36.6 Å². The van der Waals surface area contributed by atoms with E-state index in [-0.39, 0.29) is 30.3 Å². The number of ether oxygens (including phenoxy) is 5. The highest BCUT2D eigenvalue weighted by Crippen LogP contribution is 2.32. The minimum Gasteiger partial charge on any atom is -0.504 e. The topological polar surface area (TPSA) is 245 Å². The molecule has 9 N–H and O–H groups in total. The minimum atomic E-state index is -1.77. The van der Waals surface area contributed by atoms with Crippen LogP contribution in [0.4, 0.5) is 0 Å². The Bertz CT molecular complexity index is 1300. The lowest BCUT2D eigenvalue weighted by atomic mass is 9.97. The number of phenols is 4. The molecule has 0 unspecified atom stereocenters. The molecule has 10 atom stereocenters. The zero-order valence-electron chi connectivity index (χ0n) is 23.5. The van der Waals surface area contributed by atoms with Gasteiger partial charge in [0, 0.05) is 6.08 Å². The molecule has 2 aromatic carbocycles. The quantitative estimate of drug-likeness (QED) is 0.0873. The summed E-state index contributed by atoms with van der Waals surface area (Å²) in [4.78, 5) is 12.8. The molecular formula is C29H36O15. The van der Waals surface area contributed by atoms with Gasteiger partial charge in [0.25, 0.3) is 0 Å². The normalized spacial score (nSPS) is 32.5. The first-order chi connectivity index (χ1) is 20.9. The van der Waals surface area contributed by atoms with Gasteiger partial charge in [-0.3, -0.25) is 0 Å². The highest BCUT2D eigenvalue weighted by molar-refractivity contribution is 5.87. The highest BCUT2D eigenvalue weighted by atomic mass is 16.7. The molecule has 0 amide bonds. The monoisotopic (exact) mass is 624 g/mol. The maximum absolute atomic E-state index is 12.8. The van der Waals surface area contributed by atoms with Crippen molar-refractivity contribution in [1.82, 2.24) is 0 Å². The van der Waals surface area contributed by atoms with Crippen LogP contribution in [0.15, 0.2) is 42.5 Å². The van der Waals surface area contributed by atoms with E-state index in [1.807, 2.05) is 0 Å². The molecule has 0 spiro atoms. The van der Waals surface area contributed by atoms with Gasteiger partial charge in [-0.2, -0.15) is 0 Å². The average Bonchev–Trinajstić information content (AvgIpc) is 2.99. The van der Waals surface area contributed by atoms with Crippen LogP contribution in [0, 0.1) is 0 Å². The fraction of sp³-hybridized carbons (Fsp3) is 0.483. The molecule has 2 aliphatic heterocycles. The van der Waals surface area contributed by atoms with Crippen molar-refractivity contribution in [2.24, 2.45) is 0 Å². The fourth-order valence-electron chi connectivity index (χ4n) is 4.76. The number of benzene rings is 2. The fourth-order valence-corrected chi connectivity index (χ4v) is 4.76. The molecule has 2 heterocycles. The van der Waals surface area contributed by atoms with Crippen molar-refractivity contribution < 1.29 is 74.4 Å². The van der Waals surface area contributed by atoms with Crippen molar-refractivity contribution in [3.05, 3.63) is 53.6 Å².